The summed E-state index contributed by atoms with van der Waals surface area (Å²) >= 11 is 0. The molecule has 84 valence electrons. The van der Waals surface area contributed by atoms with Crippen LogP contribution in [0.4, 0.5) is 0 Å². The zero-order chi connectivity index (χ0) is 11.5. The molecule has 0 bridgehead atoms. The highest BCUT2D eigenvalue weighted by Crippen LogP contribution is 2.25. The number of aromatic hydroxyl groups is 1. The number of nitrogens with zero attached hydrogens (tertiary/aromatic N) is 1. The van der Waals surface area contributed by atoms with Gasteiger partial charge in [0.05, 0.1) is 12.7 Å². The number of phenolic OH excluding ortho intramolecular Hbond substituents is 1. The van der Waals surface area contributed by atoms with Gasteiger partial charge in [-0.1, -0.05) is 12.1 Å². The van der Waals surface area contributed by atoms with Crippen LogP contribution in [0.3, 0.4) is 0 Å². The highest BCUT2D eigenvalue weighted by Gasteiger charge is 2.06. The van der Waals surface area contributed by atoms with Crippen molar-refractivity contribution in [3.8, 4) is 5.75 Å². The third-order valence-corrected chi connectivity index (χ3v) is 2.41. The van der Waals surface area contributed by atoms with Gasteiger partial charge in [0.15, 0.2) is 0 Å². The number of hydrogen-bond acceptors (Lipinski definition) is 3. The van der Waals surface area contributed by atoms with Gasteiger partial charge in [-0.05, 0) is 31.5 Å². The molecule has 16 heavy (non-hydrogen) atoms. The maximum Gasteiger partial charge on any atom is 0.141 e. The van der Waals surface area contributed by atoms with E-state index in [0.717, 1.165) is 10.9 Å². The Labute approximate surface area is 94.7 Å². The number of rotatable bonds is 3. The summed E-state index contributed by atoms with van der Waals surface area (Å²) < 4.78 is 5.57. The molecule has 0 spiro atoms. The van der Waals surface area contributed by atoms with Gasteiger partial charge < -0.3 is 9.84 Å². The summed E-state index contributed by atoms with van der Waals surface area (Å²) in [5.74, 6) is 0.212. The zero-order valence-electron chi connectivity index (χ0n) is 9.47. The minimum absolute atomic E-state index is 0.195. The van der Waals surface area contributed by atoms with Crippen LogP contribution >= 0.6 is 0 Å². The molecule has 1 aromatic heterocycles. The van der Waals surface area contributed by atoms with Crippen LogP contribution in [0.2, 0.25) is 0 Å². The number of phenols is 1. The van der Waals surface area contributed by atoms with E-state index in [1.807, 2.05) is 32.0 Å². The summed E-state index contributed by atoms with van der Waals surface area (Å²) in [7, 11) is 0. The zero-order valence-corrected chi connectivity index (χ0v) is 9.47. The molecule has 2 aromatic rings. The van der Waals surface area contributed by atoms with E-state index in [-0.39, 0.29) is 11.9 Å². The molecule has 0 amide bonds. The molecule has 0 saturated carbocycles. The van der Waals surface area contributed by atoms with Crippen molar-refractivity contribution < 1.29 is 9.84 Å². The molecule has 0 radical (unpaired) electrons. The number of pyridine rings is 1. The lowest BCUT2D eigenvalue weighted by atomic mass is 10.1. The van der Waals surface area contributed by atoms with Crippen LogP contribution in [0.5, 0.6) is 5.75 Å². The third kappa shape index (κ3) is 2.14. The SMILES string of the molecule is CC(C)OCc1ccc(O)c2ncccc12. The summed E-state index contributed by atoms with van der Waals surface area (Å²) in [5.41, 5.74) is 1.68. The minimum Gasteiger partial charge on any atom is -0.506 e. The first-order chi connectivity index (χ1) is 7.68. The van der Waals surface area contributed by atoms with Gasteiger partial charge in [-0.2, -0.15) is 0 Å². The summed E-state index contributed by atoms with van der Waals surface area (Å²) in [6.45, 7) is 4.54. The predicted molar refractivity (Wildman–Crippen MR) is 63.3 cm³/mol. The van der Waals surface area contributed by atoms with E-state index in [9.17, 15) is 5.11 Å². The summed E-state index contributed by atoms with van der Waals surface area (Å²) in [6, 6.07) is 7.35. The second kappa shape index (κ2) is 4.49. The highest BCUT2D eigenvalue weighted by molar-refractivity contribution is 5.86. The average Bonchev–Trinajstić information content (AvgIpc) is 2.28. The maximum atomic E-state index is 9.67. The largest absolute Gasteiger partial charge is 0.506 e. The summed E-state index contributed by atoms with van der Waals surface area (Å²) in [6.07, 6.45) is 1.87. The Kier molecular flexibility index (Phi) is 3.06. The van der Waals surface area contributed by atoms with E-state index in [1.165, 1.54) is 0 Å². The topological polar surface area (TPSA) is 42.4 Å². The third-order valence-electron chi connectivity index (χ3n) is 2.41. The van der Waals surface area contributed by atoms with Crippen molar-refractivity contribution in [1.29, 1.82) is 0 Å². The minimum atomic E-state index is 0.195. The quantitative estimate of drug-likeness (QED) is 0.859. The van der Waals surface area contributed by atoms with E-state index >= 15 is 0 Å². The Morgan fingerprint density at radius 1 is 1.31 bits per heavy atom. The van der Waals surface area contributed by atoms with Crippen LogP contribution in [-0.2, 0) is 11.3 Å². The first-order valence-electron chi connectivity index (χ1n) is 5.35. The molecular weight excluding hydrogens is 202 g/mol. The van der Waals surface area contributed by atoms with Gasteiger partial charge >= 0.3 is 0 Å². The molecule has 1 aromatic carbocycles. The average molecular weight is 217 g/mol. The Bertz CT molecular complexity index is 494. The lowest BCUT2D eigenvalue weighted by Crippen LogP contribution is -2.02. The van der Waals surface area contributed by atoms with Crippen molar-refractivity contribution in [2.75, 3.05) is 0 Å². The number of hydrogen-bond donors (Lipinski definition) is 1. The van der Waals surface area contributed by atoms with E-state index < -0.39 is 0 Å². The molecule has 0 unspecified atom stereocenters. The molecule has 0 aliphatic rings. The maximum absolute atomic E-state index is 9.67. The molecular formula is C13H15NO2. The normalized spacial score (nSPS) is 11.2. The molecule has 0 fully saturated rings. The molecule has 0 aliphatic heterocycles. The van der Waals surface area contributed by atoms with Crippen LogP contribution < -0.4 is 0 Å². The molecule has 2 rings (SSSR count). The van der Waals surface area contributed by atoms with Gasteiger partial charge in [0.25, 0.3) is 0 Å². The fourth-order valence-electron chi connectivity index (χ4n) is 1.60. The molecule has 3 heteroatoms. The molecule has 3 nitrogen and oxygen atoms in total. The van der Waals surface area contributed by atoms with Crippen molar-refractivity contribution in [1.82, 2.24) is 4.98 Å². The van der Waals surface area contributed by atoms with Gasteiger partial charge in [-0.15, -0.1) is 0 Å². The summed E-state index contributed by atoms with van der Waals surface area (Å²) in [4.78, 5) is 4.16. The van der Waals surface area contributed by atoms with Crippen LogP contribution in [0, 0.1) is 0 Å². The van der Waals surface area contributed by atoms with E-state index in [4.69, 9.17) is 4.74 Å². The first-order valence-corrected chi connectivity index (χ1v) is 5.35. The van der Waals surface area contributed by atoms with Gasteiger partial charge in [-0.25, -0.2) is 0 Å². The fraction of sp³-hybridized carbons (Fsp3) is 0.308. The van der Waals surface area contributed by atoms with E-state index in [1.54, 1.807) is 12.3 Å². The standard InChI is InChI=1S/C13H15NO2/c1-9(2)16-8-10-5-6-12(15)13-11(10)4-3-7-14-13/h3-7,9,15H,8H2,1-2H3. The van der Waals surface area contributed by atoms with Gasteiger partial charge in [0, 0.05) is 11.6 Å². The first kappa shape index (κ1) is 10.9. The van der Waals surface area contributed by atoms with Crippen LogP contribution in [0.1, 0.15) is 19.4 Å². The fourth-order valence-corrected chi connectivity index (χ4v) is 1.60. The summed E-state index contributed by atoms with van der Waals surface area (Å²) in [5, 5.41) is 10.6. The predicted octanol–water partition coefficient (Wildman–Crippen LogP) is 2.87. The van der Waals surface area contributed by atoms with Crippen molar-refractivity contribution in [3.63, 3.8) is 0 Å². The van der Waals surface area contributed by atoms with Gasteiger partial charge in [-0.3, -0.25) is 4.98 Å². The van der Waals surface area contributed by atoms with Crippen molar-refractivity contribution in [2.24, 2.45) is 0 Å². The second-order valence-electron chi connectivity index (χ2n) is 4.00. The Balaban J connectivity index is 2.42. The van der Waals surface area contributed by atoms with Crippen LogP contribution in [-0.4, -0.2) is 16.2 Å². The number of ether oxygens (including phenoxy) is 1. The molecule has 1 N–H and O–H groups in total. The highest BCUT2D eigenvalue weighted by atomic mass is 16.5. The smallest absolute Gasteiger partial charge is 0.141 e. The van der Waals surface area contributed by atoms with Crippen molar-refractivity contribution in [2.45, 2.75) is 26.6 Å². The van der Waals surface area contributed by atoms with Crippen LogP contribution in [0.15, 0.2) is 30.5 Å². The Hall–Kier alpha value is -1.61. The lowest BCUT2D eigenvalue weighted by molar-refractivity contribution is 0.0664. The molecule has 0 saturated heterocycles. The second-order valence-corrected chi connectivity index (χ2v) is 4.00. The molecule has 0 aliphatic carbocycles. The van der Waals surface area contributed by atoms with Crippen LogP contribution in [0.25, 0.3) is 10.9 Å². The van der Waals surface area contributed by atoms with E-state index in [2.05, 4.69) is 4.98 Å². The van der Waals surface area contributed by atoms with E-state index in [0.29, 0.717) is 12.1 Å². The Morgan fingerprint density at radius 2 is 2.12 bits per heavy atom. The Morgan fingerprint density at radius 3 is 2.88 bits per heavy atom. The van der Waals surface area contributed by atoms with Gasteiger partial charge in [0.2, 0.25) is 0 Å². The number of benzene rings is 1. The number of aromatic nitrogens is 1. The number of fused-ring (bicyclic) bond motifs is 1. The lowest BCUT2D eigenvalue weighted by Gasteiger charge is -2.10. The van der Waals surface area contributed by atoms with Crippen molar-refractivity contribution in [3.05, 3.63) is 36.0 Å². The molecule has 0 atom stereocenters. The van der Waals surface area contributed by atoms with Crippen molar-refractivity contribution >= 4 is 10.9 Å². The molecule has 1 heterocycles. The van der Waals surface area contributed by atoms with Gasteiger partial charge in [0.1, 0.15) is 11.3 Å². The monoisotopic (exact) mass is 217 g/mol.